The van der Waals surface area contributed by atoms with Gasteiger partial charge in [-0.1, -0.05) is 18.2 Å². The third-order valence-electron chi connectivity index (χ3n) is 1.92. The third kappa shape index (κ3) is 2.04. The molecule has 1 heterocycles. The van der Waals surface area contributed by atoms with Gasteiger partial charge in [0, 0.05) is 4.70 Å². The van der Waals surface area contributed by atoms with Crippen molar-refractivity contribution in [2.75, 3.05) is 6.61 Å². The minimum absolute atomic E-state index is 0.163. The van der Waals surface area contributed by atoms with E-state index in [0.29, 0.717) is 0 Å². The zero-order valence-corrected chi connectivity index (χ0v) is 9.77. The molecule has 0 aliphatic heterocycles. The van der Waals surface area contributed by atoms with Gasteiger partial charge in [-0.15, -0.1) is 11.3 Å². The van der Waals surface area contributed by atoms with E-state index < -0.39 is 10.1 Å². The highest BCUT2D eigenvalue weighted by Crippen LogP contribution is 2.29. The monoisotopic (exact) mass is 242 g/mol. The quantitative estimate of drug-likeness (QED) is 0.777. The fourth-order valence-electron chi connectivity index (χ4n) is 1.29. The van der Waals surface area contributed by atoms with Crippen LogP contribution in [0.2, 0.25) is 0 Å². The van der Waals surface area contributed by atoms with Crippen LogP contribution in [-0.4, -0.2) is 15.0 Å². The maximum Gasteiger partial charge on any atom is 0.306 e. The van der Waals surface area contributed by atoms with Crippen LogP contribution in [0.5, 0.6) is 0 Å². The van der Waals surface area contributed by atoms with E-state index in [-0.39, 0.29) is 10.8 Å². The molecule has 2 aromatic rings. The fourth-order valence-corrected chi connectivity index (χ4v) is 3.61. The van der Waals surface area contributed by atoms with Gasteiger partial charge in [0.2, 0.25) is 0 Å². The molecule has 0 atom stereocenters. The summed E-state index contributed by atoms with van der Waals surface area (Å²) < 4.78 is 29.1. The molecule has 80 valence electrons. The Morgan fingerprint density at radius 3 is 2.73 bits per heavy atom. The number of thiophene rings is 1. The predicted octanol–water partition coefficient (Wildman–Crippen LogP) is 2.63. The maximum absolute atomic E-state index is 11.6. The first-order valence-corrected chi connectivity index (χ1v) is 6.74. The summed E-state index contributed by atoms with van der Waals surface area (Å²) in [6.45, 7) is 1.82. The van der Waals surface area contributed by atoms with Crippen molar-refractivity contribution in [2.24, 2.45) is 0 Å². The fraction of sp³-hybridized carbons (Fsp3) is 0.200. The van der Waals surface area contributed by atoms with Crippen LogP contribution < -0.4 is 0 Å². The van der Waals surface area contributed by atoms with Gasteiger partial charge in [0.25, 0.3) is 0 Å². The highest BCUT2D eigenvalue weighted by molar-refractivity contribution is 7.89. The lowest BCUT2D eigenvalue weighted by molar-refractivity contribution is 0.339. The Labute approximate surface area is 92.4 Å². The molecule has 0 radical (unpaired) electrons. The lowest BCUT2D eigenvalue weighted by atomic mass is 10.3. The Hall–Kier alpha value is -0.910. The molecule has 0 unspecified atom stereocenters. The SMILES string of the molecule is CCOS(=O)(=O)c1cc2ccccc2s1. The first-order valence-electron chi connectivity index (χ1n) is 4.51. The van der Waals surface area contributed by atoms with E-state index in [9.17, 15) is 8.42 Å². The summed E-state index contributed by atoms with van der Waals surface area (Å²) in [5.41, 5.74) is 0. The van der Waals surface area contributed by atoms with Crippen LogP contribution in [0, 0.1) is 0 Å². The van der Waals surface area contributed by atoms with Crippen LogP contribution in [0.4, 0.5) is 0 Å². The van der Waals surface area contributed by atoms with Crippen LogP contribution >= 0.6 is 11.3 Å². The van der Waals surface area contributed by atoms with Crippen molar-refractivity contribution >= 4 is 31.5 Å². The maximum atomic E-state index is 11.6. The Morgan fingerprint density at radius 2 is 2.07 bits per heavy atom. The summed E-state index contributed by atoms with van der Waals surface area (Å²) in [5, 5.41) is 0.931. The molecule has 0 amide bonds. The average molecular weight is 242 g/mol. The average Bonchev–Trinajstić information content (AvgIpc) is 2.61. The Kier molecular flexibility index (Phi) is 2.77. The molecule has 0 spiro atoms. The molecule has 0 N–H and O–H groups in total. The van der Waals surface area contributed by atoms with E-state index in [4.69, 9.17) is 4.18 Å². The van der Waals surface area contributed by atoms with Crippen molar-refractivity contribution in [1.29, 1.82) is 0 Å². The van der Waals surface area contributed by atoms with Gasteiger partial charge in [-0.3, -0.25) is 4.18 Å². The topological polar surface area (TPSA) is 43.4 Å². The van der Waals surface area contributed by atoms with Crippen molar-refractivity contribution in [1.82, 2.24) is 0 Å². The second-order valence-corrected chi connectivity index (χ2v) is 5.89. The Bertz CT molecular complexity index is 536. The smallest absolute Gasteiger partial charge is 0.266 e. The lowest BCUT2D eigenvalue weighted by Gasteiger charge is -1.97. The standard InChI is InChI=1S/C10H10O3S2/c1-2-13-15(11,12)10-7-8-5-3-4-6-9(8)14-10/h3-7H,2H2,1H3. The van der Waals surface area contributed by atoms with Gasteiger partial charge in [-0.2, -0.15) is 8.42 Å². The molecule has 1 aromatic carbocycles. The summed E-state index contributed by atoms with van der Waals surface area (Å²) in [5.74, 6) is 0. The van der Waals surface area contributed by atoms with E-state index in [1.54, 1.807) is 13.0 Å². The largest absolute Gasteiger partial charge is 0.306 e. The van der Waals surface area contributed by atoms with E-state index in [2.05, 4.69) is 0 Å². The van der Waals surface area contributed by atoms with Crippen molar-refractivity contribution in [3.63, 3.8) is 0 Å². The highest BCUT2D eigenvalue weighted by atomic mass is 32.3. The number of hydrogen-bond donors (Lipinski definition) is 0. The van der Waals surface area contributed by atoms with Gasteiger partial charge in [0.15, 0.2) is 0 Å². The molecule has 3 nitrogen and oxygen atoms in total. The molecule has 0 fully saturated rings. The predicted molar refractivity (Wildman–Crippen MR) is 60.6 cm³/mol. The van der Waals surface area contributed by atoms with Crippen LogP contribution in [0.3, 0.4) is 0 Å². The summed E-state index contributed by atoms with van der Waals surface area (Å²) in [6, 6.07) is 9.19. The van der Waals surface area contributed by atoms with Gasteiger partial charge in [-0.05, 0) is 24.4 Å². The number of benzene rings is 1. The van der Waals surface area contributed by atoms with Gasteiger partial charge in [0.1, 0.15) is 4.21 Å². The van der Waals surface area contributed by atoms with Crippen molar-refractivity contribution in [3.8, 4) is 0 Å². The second kappa shape index (κ2) is 3.92. The van der Waals surface area contributed by atoms with E-state index >= 15 is 0 Å². The molecule has 0 bridgehead atoms. The lowest BCUT2D eigenvalue weighted by Crippen LogP contribution is -2.03. The van der Waals surface area contributed by atoms with E-state index in [1.165, 1.54) is 11.3 Å². The molecule has 2 rings (SSSR count). The number of fused-ring (bicyclic) bond motifs is 1. The molecule has 0 saturated heterocycles. The second-order valence-electron chi connectivity index (χ2n) is 2.96. The van der Waals surface area contributed by atoms with E-state index in [0.717, 1.165) is 10.1 Å². The van der Waals surface area contributed by atoms with Crippen molar-refractivity contribution in [2.45, 2.75) is 11.1 Å². The van der Waals surface area contributed by atoms with Crippen LogP contribution in [-0.2, 0) is 14.3 Å². The van der Waals surface area contributed by atoms with Gasteiger partial charge in [-0.25, -0.2) is 0 Å². The molecule has 15 heavy (non-hydrogen) atoms. The van der Waals surface area contributed by atoms with Crippen LogP contribution in [0.15, 0.2) is 34.5 Å². The molecule has 0 aliphatic carbocycles. The van der Waals surface area contributed by atoms with Crippen LogP contribution in [0.25, 0.3) is 10.1 Å². The Balaban J connectivity index is 2.54. The first-order chi connectivity index (χ1) is 7.13. The zero-order valence-electron chi connectivity index (χ0n) is 8.14. The van der Waals surface area contributed by atoms with Crippen molar-refractivity contribution in [3.05, 3.63) is 30.3 Å². The normalized spacial score (nSPS) is 12.1. The third-order valence-corrected chi connectivity index (χ3v) is 4.85. The minimum atomic E-state index is -3.55. The summed E-state index contributed by atoms with van der Waals surface area (Å²) in [7, 11) is -3.55. The number of hydrogen-bond acceptors (Lipinski definition) is 4. The van der Waals surface area contributed by atoms with Gasteiger partial charge in [0.05, 0.1) is 6.61 Å². The summed E-state index contributed by atoms with van der Waals surface area (Å²) in [6.07, 6.45) is 0. The minimum Gasteiger partial charge on any atom is -0.266 e. The van der Waals surface area contributed by atoms with Crippen LogP contribution in [0.1, 0.15) is 6.92 Å². The highest BCUT2D eigenvalue weighted by Gasteiger charge is 2.17. The molecule has 0 saturated carbocycles. The van der Waals surface area contributed by atoms with Gasteiger partial charge >= 0.3 is 10.1 Å². The summed E-state index contributed by atoms with van der Waals surface area (Å²) >= 11 is 1.23. The number of rotatable bonds is 3. The first kappa shape index (κ1) is 10.6. The van der Waals surface area contributed by atoms with Crippen molar-refractivity contribution < 1.29 is 12.6 Å². The summed E-state index contributed by atoms with van der Waals surface area (Å²) in [4.78, 5) is 0. The zero-order chi connectivity index (χ0) is 10.9. The molecule has 5 heteroatoms. The Morgan fingerprint density at radius 1 is 1.33 bits per heavy atom. The van der Waals surface area contributed by atoms with Gasteiger partial charge < -0.3 is 0 Å². The molecular formula is C10H10O3S2. The molecular weight excluding hydrogens is 232 g/mol. The van der Waals surface area contributed by atoms with E-state index in [1.807, 2.05) is 24.3 Å². The molecule has 1 aromatic heterocycles. The molecule has 0 aliphatic rings.